The van der Waals surface area contributed by atoms with Crippen molar-refractivity contribution >= 4 is 5.91 Å². The molecule has 0 bridgehead atoms. The number of carbonyl (C=O) groups is 1. The van der Waals surface area contributed by atoms with E-state index in [9.17, 15) is 4.79 Å². The van der Waals surface area contributed by atoms with Gasteiger partial charge in [0, 0.05) is 20.3 Å². The van der Waals surface area contributed by atoms with Crippen molar-refractivity contribution in [2.45, 2.75) is 64.8 Å². The number of carbonyl (C=O) groups excluding carboxylic acids is 1. The molecule has 0 radical (unpaired) electrons. The number of rotatable bonds is 13. The van der Waals surface area contributed by atoms with Crippen molar-refractivity contribution < 1.29 is 9.53 Å². The minimum absolute atomic E-state index is 0.0853. The van der Waals surface area contributed by atoms with Gasteiger partial charge in [0.2, 0.25) is 5.91 Å². The summed E-state index contributed by atoms with van der Waals surface area (Å²) in [6.45, 7) is 6.46. The van der Waals surface area contributed by atoms with Crippen LogP contribution in [0.25, 0.3) is 0 Å². The second-order valence-corrected chi connectivity index (χ2v) is 5.08. The Balaban J connectivity index is 3.36. The second-order valence-electron chi connectivity index (χ2n) is 5.08. The molecule has 0 aromatic heterocycles. The molecule has 0 heterocycles. The average Bonchev–Trinajstić information content (AvgIpc) is 2.42. The highest BCUT2D eigenvalue weighted by molar-refractivity contribution is 5.81. The summed E-state index contributed by atoms with van der Waals surface area (Å²) in [5.41, 5.74) is 0. The fourth-order valence-corrected chi connectivity index (χ4v) is 1.90. The molecular weight excluding hydrogens is 240 g/mol. The van der Waals surface area contributed by atoms with Crippen LogP contribution in [0.15, 0.2) is 0 Å². The topological polar surface area (TPSA) is 50.4 Å². The molecule has 0 aliphatic rings. The maximum absolute atomic E-state index is 11.7. The Labute approximate surface area is 118 Å². The van der Waals surface area contributed by atoms with E-state index in [1.807, 2.05) is 6.92 Å². The summed E-state index contributed by atoms with van der Waals surface area (Å²) in [5, 5.41) is 6.18. The summed E-state index contributed by atoms with van der Waals surface area (Å²) in [6, 6.07) is -0.0989. The van der Waals surface area contributed by atoms with Crippen LogP contribution in [0.3, 0.4) is 0 Å². The van der Waals surface area contributed by atoms with Gasteiger partial charge in [-0.2, -0.15) is 0 Å². The number of ether oxygens (including phenoxy) is 1. The van der Waals surface area contributed by atoms with Crippen LogP contribution in [-0.2, 0) is 9.53 Å². The van der Waals surface area contributed by atoms with Crippen LogP contribution in [0.5, 0.6) is 0 Å². The maximum Gasteiger partial charge on any atom is 0.236 e. The van der Waals surface area contributed by atoms with E-state index >= 15 is 0 Å². The van der Waals surface area contributed by atoms with Crippen molar-refractivity contribution in [2.24, 2.45) is 0 Å². The highest BCUT2D eigenvalue weighted by Crippen LogP contribution is 2.04. The van der Waals surface area contributed by atoms with Gasteiger partial charge in [-0.3, -0.25) is 4.79 Å². The zero-order chi connectivity index (χ0) is 14.3. The fourth-order valence-electron chi connectivity index (χ4n) is 1.90. The molecule has 2 N–H and O–H groups in total. The smallest absolute Gasteiger partial charge is 0.236 e. The van der Waals surface area contributed by atoms with E-state index in [-0.39, 0.29) is 11.9 Å². The first kappa shape index (κ1) is 18.4. The monoisotopic (exact) mass is 272 g/mol. The number of hydrogen-bond acceptors (Lipinski definition) is 3. The molecule has 0 aromatic carbocycles. The summed E-state index contributed by atoms with van der Waals surface area (Å²) in [6.07, 6.45) is 8.57. The normalized spacial score (nSPS) is 12.4. The third kappa shape index (κ3) is 12.2. The van der Waals surface area contributed by atoms with Gasteiger partial charge in [-0.15, -0.1) is 0 Å². The first-order valence-electron chi connectivity index (χ1n) is 7.72. The third-order valence-electron chi connectivity index (χ3n) is 3.20. The van der Waals surface area contributed by atoms with Gasteiger partial charge in [0.15, 0.2) is 0 Å². The zero-order valence-corrected chi connectivity index (χ0v) is 13.0. The lowest BCUT2D eigenvalue weighted by molar-refractivity contribution is -0.122. The highest BCUT2D eigenvalue weighted by Gasteiger charge is 2.10. The fraction of sp³-hybridized carbons (Fsp3) is 0.933. The van der Waals surface area contributed by atoms with Gasteiger partial charge in [0.05, 0.1) is 6.04 Å². The lowest BCUT2D eigenvalue weighted by Gasteiger charge is -2.13. The Morgan fingerprint density at radius 2 is 1.74 bits per heavy atom. The Morgan fingerprint density at radius 3 is 2.42 bits per heavy atom. The molecular formula is C15H32N2O2. The molecule has 4 heteroatoms. The van der Waals surface area contributed by atoms with Gasteiger partial charge in [-0.05, 0) is 26.3 Å². The first-order valence-corrected chi connectivity index (χ1v) is 7.72. The van der Waals surface area contributed by atoms with E-state index in [0.717, 1.165) is 19.4 Å². The molecule has 1 amide bonds. The molecule has 0 saturated heterocycles. The minimum atomic E-state index is -0.0989. The summed E-state index contributed by atoms with van der Waals surface area (Å²) < 4.78 is 4.94. The molecule has 0 aliphatic carbocycles. The lowest BCUT2D eigenvalue weighted by Crippen LogP contribution is -2.42. The molecule has 114 valence electrons. The summed E-state index contributed by atoms with van der Waals surface area (Å²) in [4.78, 5) is 11.7. The molecule has 1 unspecified atom stereocenters. The van der Waals surface area contributed by atoms with Crippen molar-refractivity contribution in [3.8, 4) is 0 Å². The predicted octanol–water partition coefficient (Wildman–Crippen LogP) is 2.48. The number of unbranched alkanes of at least 4 members (excludes halogenated alkanes) is 5. The number of nitrogens with one attached hydrogen (secondary N) is 2. The number of amides is 1. The van der Waals surface area contributed by atoms with Crippen LogP contribution < -0.4 is 10.6 Å². The van der Waals surface area contributed by atoms with Crippen molar-refractivity contribution in [3.63, 3.8) is 0 Å². The summed E-state index contributed by atoms with van der Waals surface area (Å²) >= 11 is 0. The molecule has 4 nitrogen and oxygen atoms in total. The van der Waals surface area contributed by atoms with Crippen molar-refractivity contribution in [2.75, 3.05) is 26.8 Å². The average molecular weight is 272 g/mol. The van der Waals surface area contributed by atoms with Crippen LogP contribution in [-0.4, -0.2) is 38.8 Å². The molecule has 1 atom stereocenters. The van der Waals surface area contributed by atoms with E-state index < -0.39 is 0 Å². The summed E-state index contributed by atoms with van der Waals surface area (Å²) in [7, 11) is 1.67. The second kappa shape index (κ2) is 13.8. The van der Waals surface area contributed by atoms with Crippen LogP contribution in [0.2, 0.25) is 0 Å². The van der Waals surface area contributed by atoms with Crippen LogP contribution in [0.4, 0.5) is 0 Å². The van der Waals surface area contributed by atoms with Crippen LogP contribution in [0, 0.1) is 0 Å². The molecule has 0 rings (SSSR count). The van der Waals surface area contributed by atoms with E-state index in [1.54, 1.807) is 7.11 Å². The standard InChI is InChI=1S/C15H32N2O2/c1-4-5-6-7-8-9-11-16-14(2)15(18)17-12-10-13-19-3/h14,16H,4-13H2,1-3H3,(H,17,18). The Morgan fingerprint density at radius 1 is 1.05 bits per heavy atom. The SMILES string of the molecule is CCCCCCCCNC(C)C(=O)NCCCOC. The Kier molecular flexibility index (Phi) is 13.4. The Bertz CT molecular complexity index is 210. The minimum Gasteiger partial charge on any atom is -0.385 e. The molecule has 0 spiro atoms. The van der Waals surface area contributed by atoms with Gasteiger partial charge in [0.25, 0.3) is 0 Å². The zero-order valence-electron chi connectivity index (χ0n) is 13.0. The lowest BCUT2D eigenvalue weighted by atomic mass is 10.1. The van der Waals surface area contributed by atoms with Gasteiger partial charge < -0.3 is 15.4 Å². The first-order chi connectivity index (χ1) is 9.22. The number of methoxy groups -OCH3 is 1. The predicted molar refractivity (Wildman–Crippen MR) is 80.3 cm³/mol. The van der Waals surface area contributed by atoms with Crippen LogP contribution in [0.1, 0.15) is 58.8 Å². The Hall–Kier alpha value is -0.610. The molecule has 19 heavy (non-hydrogen) atoms. The molecule has 0 aromatic rings. The van der Waals surface area contributed by atoms with E-state index in [0.29, 0.717) is 13.2 Å². The van der Waals surface area contributed by atoms with Crippen LogP contribution >= 0.6 is 0 Å². The maximum atomic E-state index is 11.7. The largest absolute Gasteiger partial charge is 0.385 e. The van der Waals surface area contributed by atoms with Crippen molar-refractivity contribution in [1.29, 1.82) is 0 Å². The number of hydrogen-bond donors (Lipinski definition) is 2. The van der Waals surface area contributed by atoms with Gasteiger partial charge >= 0.3 is 0 Å². The van der Waals surface area contributed by atoms with Crippen molar-refractivity contribution in [1.82, 2.24) is 10.6 Å². The molecule has 0 aliphatic heterocycles. The van der Waals surface area contributed by atoms with Crippen molar-refractivity contribution in [3.05, 3.63) is 0 Å². The third-order valence-corrected chi connectivity index (χ3v) is 3.20. The van der Waals surface area contributed by atoms with Gasteiger partial charge in [0.1, 0.15) is 0 Å². The molecule has 0 saturated carbocycles. The summed E-state index contributed by atoms with van der Waals surface area (Å²) in [5.74, 6) is 0.0853. The molecule has 0 fully saturated rings. The quantitative estimate of drug-likeness (QED) is 0.506. The van der Waals surface area contributed by atoms with E-state index in [1.165, 1.54) is 32.1 Å². The van der Waals surface area contributed by atoms with E-state index in [4.69, 9.17) is 4.74 Å². The highest BCUT2D eigenvalue weighted by atomic mass is 16.5. The van der Waals surface area contributed by atoms with Gasteiger partial charge in [-0.25, -0.2) is 0 Å². The van der Waals surface area contributed by atoms with E-state index in [2.05, 4.69) is 17.6 Å². The van der Waals surface area contributed by atoms with Gasteiger partial charge in [-0.1, -0.05) is 39.0 Å².